The SMILES string of the molecule is CNC(=O)NC1CCC(c2c(OC)ccc3ccc(OC)cc23)C1. The summed E-state index contributed by atoms with van der Waals surface area (Å²) in [7, 11) is 5.03. The van der Waals surface area contributed by atoms with Crippen molar-refractivity contribution in [2.75, 3.05) is 21.3 Å². The van der Waals surface area contributed by atoms with Gasteiger partial charge in [-0.05, 0) is 54.2 Å². The number of methoxy groups -OCH3 is 2. The quantitative estimate of drug-likeness (QED) is 0.904. The van der Waals surface area contributed by atoms with Crippen LogP contribution in [-0.2, 0) is 0 Å². The van der Waals surface area contributed by atoms with Gasteiger partial charge in [-0.1, -0.05) is 12.1 Å². The van der Waals surface area contributed by atoms with Crippen LogP contribution < -0.4 is 20.1 Å². The molecule has 3 rings (SSSR count). The van der Waals surface area contributed by atoms with E-state index in [1.54, 1.807) is 21.3 Å². The number of fused-ring (bicyclic) bond motifs is 1. The molecule has 24 heavy (non-hydrogen) atoms. The van der Waals surface area contributed by atoms with E-state index in [9.17, 15) is 4.79 Å². The number of ether oxygens (including phenoxy) is 2. The highest BCUT2D eigenvalue weighted by atomic mass is 16.5. The lowest BCUT2D eigenvalue weighted by molar-refractivity contribution is 0.239. The van der Waals surface area contributed by atoms with Crippen LogP contribution in [0.5, 0.6) is 11.5 Å². The van der Waals surface area contributed by atoms with Crippen molar-refractivity contribution in [3.05, 3.63) is 35.9 Å². The van der Waals surface area contributed by atoms with Crippen LogP contribution in [0.1, 0.15) is 30.7 Å². The summed E-state index contributed by atoms with van der Waals surface area (Å²) in [5.41, 5.74) is 1.22. The molecular formula is C19H24N2O3. The fourth-order valence-corrected chi connectivity index (χ4v) is 3.66. The first kappa shape index (κ1) is 16.4. The van der Waals surface area contributed by atoms with E-state index in [4.69, 9.17) is 9.47 Å². The summed E-state index contributed by atoms with van der Waals surface area (Å²) in [6.45, 7) is 0. The standard InChI is InChI=1S/C19H24N2O3/c1-20-19(22)21-14-7-4-13(10-14)18-16-11-15(23-2)8-5-12(16)6-9-17(18)24-3/h5-6,8-9,11,13-14H,4,7,10H2,1-3H3,(H2,20,21,22). The smallest absolute Gasteiger partial charge is 0.314 e. The molecule has 2 N–H and O–H groups in total. The first-order chi connectivity index (χ1) is 11.7. The topological polar surface area (TPSA) is 59.6 Å². The first-order valence-electron chi connectivity index (χ1n) is 8.29. The lowest BCUT2D eigenvalue weighted by atomic mass is 9.91. The average molecular weight is 328 g/mol. The summed E-state index contributed by atoms with van der Waals surface area (Å²) in [4.78, 5) is 11.6. The Morgan fingerprint density at radius 2 is 1.92 bits per heavy atom. The molecule has 128 valence electrons. The van der Waals surface area contributed by atoms with Crippen LogP contribution in [0.2, 0.25) is 0 Å². The average Bonchev–Trinajstić information content (AvgIpc) is 3.07. The maximum atomic E-state index is 11.6. The van der Waals surface area contributed by atoms with Gasteiger partial charge in [0.25, 0.3) is 0 Å². The molecule has 5 heteroatoms. The van der Waals surface area contributed by atoms with Crippen molar-refractivity contribution >= 4 is 16.8 Å². The fraction of sp³-hybridized carbons (Fsp3) is 0.421. The van der Waals surface area contributed by atoms with Crippen LogP contribution in [0.25, 0.3) is 10.8 Å². The molecule has 2 unspecified atom stereocenters. The predicted octanol–water partition coefficient (Wildman–Crippen LogP) is 3.42. The zero-order chi connectivity index (χ0) is 17.1. The van der Waals surface area contributed by atoms with Gasteiger partial charge in [0.05, 0.1) is 14.2 Å². The second-order valence-electron chi connectivity index (χ2n) is 6.20. The molecule has 2 aromatic rings. The third-order valence-electron chi connectivity index (χ3n) is 4.85. The molecule has 2 amide bonds. The Hall–Kier alpha value is -2.43. The molecule has 2 atom stereocenters. The zero-order valence-corrected chi connectivity index (χ0v) is 14.4. The molecule has 0 aliphatic heterocycles. The highest BCUT2D eigenvalue weighted by Gasteiger charge is 2.30. The van der Waals surface area contributed by atoms with E-state index in [2.05, 4.69) is 28.8 Å². The van der Waals surface area contributed by atoms with Crippen LogP contribution in [0, 0.1) is 0 Å². The first-order valence-corrected chi connectivity index (χ1v) is 8.29. The summed E-state index contributed by atoms with van der Waals surface area (Å²) in [5, 5.41) is 7.98. The van der Waals surface area contributed by atoms with Crippen molar-refractivity contribution in [3.8, 4) is 11.5 Å². The predicted molar refractivity (Wildman–Crippen MR) is 95.0 cm³/mol. The third-order valence-corrected chi connectivity index (χ3v) is 4.85. The van der Waals surface area contributed by atoms with Crippen molar-refractivity contribution in [3.63, 3.8) is 0 Å². The van der Waals surface area contributed by atoms with E-state index >= 15 is 0 Å². The molecule has 1 fully saturated rings. The Labute approximate surface area is 142 Å². The van der Waals surface area contributed by atoms with Crippen LogP contribution >= 0.6 is 0 Å². The number of benzene rings is 2. The van der Waals surface area contributed by atoms with E-state index in [1.807, 2.05) is 12.1 Å². The van der Waals surface area contributed by atoms with E-state index in [0.717, 1.165) is 30.8 Å². The maximum absolute atomic E-state index is 11.6. The second-order valence-corrected chi connectivity index (χ2v) is 6.20. The molecule has 2 aromatic carbocycles. The van der Waals surface area contributed by atoms with Gasteiger partial charge in [-0.2, -0.15) is 0 Å². The van der Waals surface area contributed by atoms with E-state index in [1.165, 1.54) is 16.3 Å². The van der Waals surface area contributed by atoms with Gasteiger partial charge in [-0.25, -0.2) is 4.79 Å². The lowest BCUT2D eigenvalue weighted by Gasteiger charge is -2.19. The Morgan fingerprint density at radius 1 is 1.12 bits per heavy atom. The minimum absolute atomic E-state index is 0.118. The molecule has 0 aromatic heterocycles. The van der Waals surface area contributed by atoms with Crippen molar-refractivity contribution in [2.24, 2.45) is 0 Å². The van der Waals surface area contributed by atoms with Gasteiger partial charge in [0.15, 0.2) is 0 Å². The van der Waals surface area contributed by atoms with E-state index in [0.29, 0.717) is 5.92 Å². The molecule has 5 nitrogen and oxygen atoms in total. The Balaban J connectivity index is 1.97. The van der Waals surface area contributed by atoms with Crippen LogP contribution in [0.3, 0.4) is 0 Å². The third kappa shape index (κ3) is 3.11. The van der Waals surface area contributed by atoms with Crippen molar-refractivity contribution < 1.29 is 14.3 Å². The Bertz CT molecular complexity index is 739. The summed E-state index contributed by atoms with van der Waals surface area (Å²) >= 11 is 0. The van der Waals surface area contributed by atoms with Crippen LogP contribution in [0.15, 0.2) is 30.3 Å². The summed E-state index contributed by atoms with van der Waals surface area (Å²) < 4.78 is 11.0. The minimum Gasteiger partial charge on any atom is -0.497 e. The Morgan fingerprint density at radius 3 is 2.62 bits per heavy atom. The van der Waals surface area contributed by atoms with Crippen molar-refractivity contribution in [2.45, 2.75) is 31.2 Å². The summed E-state index contributed by atoms with van der Waals surface area (Å²) in [6, 6.07) is 10.3. The molecule has 0 saturated heterocycles. The normalized spacial score (nSPS) is 20.0. The number of amides is 2. The van der Waals surface area contributed by atoms with Crippen LogP contribution in [-0.4, -0.2) is 33.3 Å². The lowest BCUT2D eigenvalue weighted by Crippen LogP contribution is -2.39. The fourth-order valence-electron chi connectivity index (χ4n) is 3.66. The van der Waals surface area contributed by atoms with Crippen molar-refractivity contribution in [1.82, 2.24) is 10.6 Å². The zero-order valence-electron chi connectivity index (χ0n) is 14.4. The monoisotopic (exact) mass is 328 g/mol. The highest BCUT2D eigenvalue weighted by molar-refractivity contribution is 5.89. The molecule has 0 bridgehead atoms. The molecule has 0 radical (unpaired) electrons. The van der Waals surface area contributed by atoms with E-state index < -0.39 is 0 Å². The second kappa shape index (κ2) is 6.99. The van der Waals surface area contributed by atoms with Gasteiger partial charge in [-0.15, -0.1) is 0 Å². The highest BCUT2D eigenvalue weighted by Crippen LogP contribution is 2.43. The number of carbonyl (C=O) groups is 1. The van der Waals surface area contributed by atoms with Gasteiger partial charge < -0.3 is 20.1 Å². The van der Waals surface area contributed by atoms with Gasteiger partial charge in [0.1, 0.15) is 11.5 Å². The van der Waals surface area contributed by atoms with E-state index in [-0.39, 0.29) is 12.1 Å². The molecule has 1 aliphatic rings. The van der Waals surface area contributed by atoms with Crippen molar-refractivity contribution in [1.29, 1.82) is 0 Å². The molecular weight excluding hydrogens is 304 g/mol. The van der Waals surface area contributed by atoms with Gasteiger partial charge in [0.2, 0.25) is 0 Å². The molecule has 1 aliphatic carbocycles. The molecule has 1 saturated carbocycles. The number of hydrogen-bond acceptors (Lipinski definition) is 3. The number of carbonyl (C=O) groups excluding carboxylic acids is 1. The number of hydrogen-bond donors (Lipinski definition) is 2. The summed E-state index contributed by atoms with van der Waals surface area (Å²) in [5.74, 6) is 2.11. The minimum atomic E-state index is -0.118. The molecule has 0 spiro atoms. The number of nitrogens with one attached hydrogen (secondary N) is 2. The largest absolute Gasteiger partial charge is 0.497 e. The number of urea groups is 1. The van der Waals surface area contributed by atoms with Crippen LogP contribution in [0.4, 0.5) is 4.79 Å². The summed E-state index contributed by atoms with van der Waals surface area (Å²) in [6.07, 6.45) is 2.92. The van der Waals surface area contributed by atoms with Gasteiger partial charge >= 0.3 is 6.03 Å². The van der Waals surface area contributed by atoms with Gasteiger partial charge in [-0.3, -0.25) is 0 Å². The molecule has 0 heterocycles. The number of rotatable bonds is 4. The maximum Gasteiger partial charge on any atom is 0.314 e. The van der Waals surface area contributed by atoms with Gasteiger partial charge in [0, 0.05) is 18.7 Å². The Kier molecular flexibility index (Phi) is 4.79.